The van der Waals surface area contributed by atoms with E-state index < -0.39 is 11.5 Å². The van der Waals surface area contributed by atoms with Gasteiger partial charge in [-0.3, -0.25) is 9.59 Å². The van der Waals surface area contributed by atoms with Crippen molar-refractivity contribution in [2.45, 2.75) is 62.9 Å². The average Bonchev–Trinajstić information content (AvgIpc) is 2.89. The highest BCUT2D eigenvalue weighted by Gasteiger charge is 2.37. The van der Waals surface area contributed by atoms with Crippen molar-refractivity contribution >= 4 is 11.9 Å². The molecule has 1 saturated heterocycles. The van der Waals surface area contributed by atoms with Gasteiger partial charge in [0.25, 0.3) is 0 Å². The molecule has 0 aromatic carbocycles. The lowest BCUT2D eigenvalue weighted by molar-refractivity contribution is -0.139. The molecule has 1 saturated carbocycles. The Kier molecular flexibility index (Phi) is 4.22. The molecule has 1 unspecified atom stereocenters. The predicted molar refractivity (Wildman–Crippen MR) is 67.2 cm³/mol. The number of nitrogens with one attached hydrogen (secondary N) is 2. The number of amides is 1. The Morgan fingerprint density at radius 3 is 2.56 bits per heavy atom. The highest BCUT2D eigenvalue weighted by molar-refractivity contribution is 5.79. The molecule has 5 heteroatoms. The van der Waals surface area contributed by atoms with Crippen LogP contribution in [0, 0.1) is 0 Å². The van der Waals surface area contributed by atoms with Crippen LogP contribution < -0.4 is 10.6 Å². The standard InChI is InChI=1S/C13H22N2O3/c16-11(8-10-4-3-7-14-10)15-13(9-12(17)18)5-1-2-6-13/h10,14H,1-9H2,(H,15,16)(H,17,18). The van der Waals surface area contributed by atoms with E-state index in [1.165, 1.54) is 0 Å². The summed E-state index contributed by atoms with van der Waals surface area (Å²) in [5, 5.41) is 15.3. The molecule has 1 aliphatic carbocycles. The van der Waals surface area contributed by atoms with Crippen molar-refractivity contribution < 1.29 is 14.7 Å². The second kappa shape index (κ2) is 5.69. The van der Waals surface area contributed by atoms with E-state index in [1.807, 2.05) is 0 Å². The van der Waals surface area contributed by atoms with E-state index in [0.29, 0.717) is 6.42 Å². The minimum Gasteiger partial charge on any atom is -0.481 e. The molecule has 0 radical (unpaired) electrons. The monoisotopic (exact) mass is 254 g/mol. The number of carbonyl (C=O) groups is 2. The molecule has 2 rings (SSSR count). The number of carboxylic acid groups (broad SMARTS) is 1. The summed E-state index contributed by atoms with van der Waals surface area (Å²) in [6.45, 7) is 0.984. The van der Waals surface area contributed by atoms with Crippen LogP contribution in [0.3, 0.4) is 0 Å². The molecule has 1 amide bonds. The Balaban J connectivity index is 1.87. The van der Waals surface area contributed by atoms with Crippen molar-refractivity contribution in [3.63, 3.8) is 0 Å². The van der Waals surface area contributed by atoms with E-state index in [9.17, 15) is 9.59 Å². The third kappa shape index (κ3) is 3.45. The topological polar surface area (TPSA) is 78.4 Å². The van der Waals surface area contributed by atoms with Gasteiger partial charge in [0, 0.05) is 12.5 Å². The second-order valence-electron chi connectivity index (χ2n) is 5.60. The van der Waals surface area contributed by atoms with Gasteiger partial charge >= 0.3 is 5.97 Å². The minimum atomic E-state index is -0.823. The highest BCUT2D eigenvalue weighted by atomic mass is 16.4. The van der Waals surface area contributed by atoms with Crippen molar-refractivity contribution in [2.24, 2.45) is 0 Å². The van der Waals surface area contributed by atoms with Crippen LogP contribution in [0.15, 0.2) is 0 Å². The van der Waals surface area contributed by atoms with E-state index >= 15 is 0 Å². The van der Waals surface area contributed by atoms with Gasteiger partial charge in [-0.2, -0.15) is 0 Å². The molecule has 0 bridgehead atoms. The predicted octanol–water partition coefficient (Wildman–Crippen LogP) is 1.03. The van der Waals surface area contributed by atoms with Gasteiger partial charge in [0.1, 0.15) is 0 Å². The van der Waals surface area contributed by atoms with E-state index in [4.69, 9.17) is 5.11 Å². The summed E-state index contributed by atoms with van der Waals surface area (Å²) in [5.74, 6) is -0.825. The smallest absolute Gasteiger partial charge is 0.305 e. The van der Waals surface area contributed by atoms with Crippen LogP contribution in [0.1, 0.15) is 51.4 Å². The molecule has 18 heavy (non-hydrogen) atoms. The summed E-state index contributed by atoms with van der Waals surface area (Å²) in [7, 11) is 0. The fourth-order valence-corrected chi connectivity index (χ4v) is 3.19. The highest BCUT2D eigenvalue weighted by Crippen LogP contribution is 2.32. The zero-order chi connectivity index (χ0) is 13.0. The molecule has 2 aliphatic rings. The summed E-state index contributed by atoms with van der Waals surface area (Å²) < 4.78 is 0. The van der Waals surface area contributed by atoms with E-state index in [-0.39, 0.29) is 18.4 Å². The average molecular weight is 254 g/mol. The fraction of sp³-hybridized carbons (Fsp3) is 0.846. The van der Waals surface area contributed by atoms with Gasteiger partial charge in [-0.15, -0.1) is 0 Å². The summed E-state index contributed by atoms with van der Waals surface area (Å²) >= 11 is 0. The number of aliphatic carboxylic acids is 1. The van der Waals surface area contributed by atoms with Crippen LogP contribution in [-0.2, 0) is 9.59 Å². The van der Waals surface area contributed by atoms with Crippen molar-refractivity contribution in [1.29, 1.82) is 0 Å². The third-order valence-corrected chi connectivity index (χ3v) is 4.05. The first-order valence-electron chi connectivity index (χ1n) is 6.86. The molecule has 3 N–H and O–H groups in total. The van der Waals surface area contributed by atoms with Gasteiger partial charge in [0.15, 0.2) is 0 Å². The van der Waals surface area contributed by atoms with Crippen molar-refractivity contribution in [1.82, 2.24) is 10.6 Å². The zero-order valence-electron chi connectivity index (χ0n) is 10.7. The first kappa shape index (κ1) is 13.3. The first-order valence-corrected chi connectivity index (χ1v) is 6.86. The molecular weight excluding hydrogens is 232 g/mol. The molecule has 2 fully saturated rings. The Bertz CT molecular complexity index is 318. The molecule has 1 aliphatic heterocycles. The normalized spacial score (nSPS) is 26.1. The van der Waals surface area contributed by atoms with E-state index in [0.717, 1.165) is 45.1 Å². The molecule has 1 atom stereocenters. The molecule has 5 nitrogen and oxygen atoms in total. The van der Waals surface area contributed by atoms with Gasteiger partial charge in [-0.05, 0) is 32.2 Å². The Hall–Kier alpha value is -1.10. The maximum atomic E-state index is 12.0. The SMILES string of the molecule is O=C(O)CC1(NC(=O)CC2CCCN2)CCCC1. The van der Waals surface area contributed by atoms with Crippen LogP contribution in [-0.4, -0.2) is 35.1 Å². The lowest BCUT2D eigenvalue weighted by Gasteiger charge is -2.29. The zero-order valence-corrected chi connectivity index (χ0v) is 10.7. The largest absolute Gasteiger partial charge is 0.481 e. The van der Waals surface area contributed by atoms with Gasteiger partial charge in [0.2, 0.25) is 5.91 Å². The Morgan fingerprint density at radius 1 is 1.28 bits per heavy atom. The van der Waals surface area contributed by atoms with Crippen LogP contribution in [0.25, 0.3) is 0 Å². The molecule has 102 valence electrons. The van der Waals surface area contributed by atoms with Crippen molar-refractivity contribution in [2.75, 3.05) is 6.54 Å². The molecular formula is C13H22N2O3. The van der Waals surface area contributed by atoms with E-state index in [1.54, 1.807) is 0 Å². The van der Waals surface area contributed by atoms with Crippen molar-refractivity contribution in [3.8, 4) is 0 Å². The summed E-state index contributed by atoms with van der Waals surface area (Å²) in [4.78, 5) is 22.9. The fourth-order valence-electron chi connectivity index (χ4n) is 3.19. The summed E-state index contributed by atoms with van der Waals surface area (Å²) in [6.07, 6.45) is 6.30. The summed E-state index contributed by atoms with van der Waals surface area (Å²) in [5.41, 5.74) is -0.485. The number of hydrogen-bond donors (Lipinski definition) is 3. The number of carbonyl (C=O) groups excluding carboxylic acids is 1. The number of rotatable bonds is 5. The third-order valence-electron chi connectivity index (χ3n) is 4.05. The van der Waals surface area contributed by atoms with Gasteiger partial charge < -0.3 is 15.7 Å². The second-order valence-corrected chi connectivity index (χ2v) is 5.60. The van der Waals surface area contributed by atoms with Gasteiger partial charge in [-0.1, -0.05) is 12.8 Å². The quantitative estimate of drug-likeness (QED) is 0.685. The lowest BCUT2D eigenvalue weighted by atomic mass is 9.92. The lowest BCUT2D eigenvalue weighted by Crippen LogP contribution is -2.49. The van der Waals surface area contributed by atoms with Crippen LogP contribution >= 0.6 is 0 Å². The Labute approximate surface area is 107 Å². The van der Waals surface area contributed by atoms with Gasteiger partial charge in [0.05, 0.1) is 12.0 Å². The van der Waals surface area contributed by atoms with Gasteiger partial charge in [-0.25, -0.2) is 0 Å². The van der Waals surface area contributed by atoms with Crippen LogP contribution in [0.5, 0.6) is 0 Å². The number of carboxylic acids is 1. The minimum absolute atomic E-state index is 0.00227. The summed E-state index contributed by atoms with van der Waals surface area (Å²) in [6, 6.07) is 0.272. The molecule has 0 spiro atoms. The maximum Gasteiger partial charge on any atom is 0.305 e. The molecule has 0 aromatic heterocycles. The van der Waals surface area contributed by atoms with Crippen LogP contribution in [0.2, 0.25) is 0 Å². The Morgan fingerprint density at radius 2 is 2.00 bits per heavy atom. The first-order chi connectivity index (χ1) is 8.60. The van der Waals surface area contributed by atoms with Crippen molar-refractivity contribution in [3.05, 3.63) is 0 Å². The molecule has 1 heterocycles. The molecule has 0 aromatic rings. The maximum absolute atomic E-state index is 12.0. The van der Waals surface area contributed by atoms with E-state index in [2.05, 4.69) is 10.6 Å². The van der Waals surface area contributed by atoms with Crippen LogP contribution in [0.4, 0.5) is 0 Å². The number of hydrogen-bond acceptors (Lipinski definition) is 3.